The molecule has 0 atom stereocenters. The third-order valence-electron chi connectivity index (χ3n) is 4.58. The molecule has 0 aliphatic rings. The van der Waals surface area contributed by atoms with Gasteiger partial charge in [-0.1, -0.05) is 42.5 Å². The van der Waals surface area contributed by atoms with Gasteiger partial charge in [0.2, 0.25) is 0 Å². The van der Waals surface area contributed by atoms with E-state index in [1.807, 2.05) is 30.3 Å². The van der Waals surface area contributed by atoms with Crippen molar-refractivity contribution in [3.63, 3.8) is 0 Å². The first-order valence-electron chi connectivity index (χ1n) is 7.99. The van der Waals surface area contributed by atoms with Crippen molar-refractivity contribution in [2.45, 2.75) is 0 Å². The zero-order chi connectivity index (χ0) is 16.1. The van der Waals surface area contributed by atoms with E-state index >= 15 is 0 Å². The highest BCUT2D eigenvalue weighted by atomic mass is 16.3. The molecule has 0 aliphatic heterocycles. The number of furan rings is 1. The first-order chi connectivity index (χ1) is 11.8. The molecule has 2 nitrogen and oxygen atoms in total. The molecule has 5 rings (SSSR count). The van der Waals surface area contributed by atoms with Crippen LogP contribution in [0.1, 0.15) is 0 Å². The molecule has 5 aromatic rings. The van der Waals surface area contributed by atoms with Gasteiger partial charge in [0.05, 0.1) is 0 Å². The summed E-state index contributed by atoms with van der Waals surface area (Å²) in [6.45, 7) is 0. The monoisotopic (exact) mass is 309 g/mol. The molecule has 1 aromatic heterocycles. The minimum Gasteiger partial charge on any atom is -0.456 e. The molecule has 2 heteroatoms. The smallest absolute Gasteiger partial charge is 0.136 e. The molecule has 0 saturated heterocycles. The summed E-state index contributed by atoms with van der Waals surface area (Å²) in [4.78, 5) is 0. The number of benzene rings is 4. The SMILES string of the molecule is Nc1ccc2cc(-c3ccc4c(c3)oc3ccccc34)ccc2c1. The summed E-state index contributed by atoms with van der Waals surface area (Å²) in [6.07, 6.45) is 0. The van der Waals surface area contributed by atoms with Gasteiger partial charge in [-0.3, -0.25) is 0 Å². The molecule has 0 radical (unpaired) electrons. The van der Waals surface area contributed by atoms with Crippen molar-refractivity contribution >= 4 is 38.4 Å². The minimum absolute atomic E-state index is 0.791. The van der Waals surface area contributed by atoms with E-state index in [1.165, 1.54) is 10.9 Å². The minimum atomic E-state index is 0.791. The van der Waals surface area contributed by atoms with Crippen LogP contribution in [0, 0.1) is 0 Å². The highest BCUT2D eigenvalue weighted by Crippen LogP contribution is 2.33. The van der Waals surface area contributed by atoms with Gasteiger partial charge < -0.3 is 10.2 Å². The Kier molecular flexibility index (Phi) is 2.68. The van der Waals surface area contributed by atoms with Crippen molar-refractivity contribution in [3.8, 4) is 11.1 Å². The zero-order valence-corrected chi connectivity index (χ0v) is 13.0. The Bertz CT molecular complexity index is 1220. The van der Waals surface area contributed by atoms with Crippen LogP contribution in [0.5, 0.6) is 0 Å². The lowest BCUT2D eigenvalue weighted by molar-refractivity contribution is 0.669. The summed E-state index contributed by atoms with van der Waals surface area (Å²) in [5.74, 6) is 0. The molecule has 0 unspecified atom stereocenters. The number of hydrogen-bond acceptors (Lipinski definition) is 2. The van der Waals surface area contributed by atoms with Crippen LogP contribution >= 0.6 is 0 Å². The summed E-state index contributed by atoms with van der Waals surface area (Å²) < 4.78 is 6.00. The van der Waals surface area contributed by atoms with E-state index in [-0.39, 0.29) is 0 Å². The van der Waals surface area contributed by atoms with E-state index in [0.717, 1.165) is 38.6 Å². The average Bonchev–Trinajstić information content (AvgIpc) is 2.99. The number of nitrogens with two attached hydrogens (primary N) is 1. The van der Waals surface area contributed by atoms with E-state index in [4.69, 9.17) is 10.2 Å². The number of anilines is 1. The zero-order valence-electron chi connectivity index (χ0n) is 13.0. The highest BCUT2D eigenvalue weighted by Gasteiger charge is 2.08. The van der Waals surface area contributed by atoms with Gasteiger partial charge in [0.1, 0.15) is 11.2 Å². The summed E-state index contributed by atoms with van der Waals surface area (Å²) in [5.41, 5.74) is 10.8. The van der Waals surface area contributed by atoms with Gasteiger partial charge in [0.25, 0.3) is 0 Å². The molecule has 0 amide bonds. The van der Waals surface area contributed by atoms with Crippen LogP contribution in [0.2, 0.25) is 0 Å². The first-order valence-corrected chi connectivity index (χ1v) is 7.99. The van der Waals surface area contributed by atoms with Crippen LogP contribution in [0.3, 0.4) is 0 Å². The van der Waals surface area contributed by atoms with E-state index in [9.17, 15) is 0 Å². The molecule has 114 valence electrons. The van der Waals surface area contributed by atoms with Crippen molar-refractivity contribution in [2.24, 2.45) is 0 Å². The maximum Gasteiger partial charge on any atom is 0.136 e. The van der Waals surface area contributed by atoms with Crippen molar-refractivity contribution in [2.75, 3.05) is 5.73 Å². The second-order valence-electron chi connectivity index (χ2n) is 6.13. The van der Waals surface area contributed by atoms with Gasteiger partial charge in [0.15, 0.2) is 0 Å². The van der Waals surface area contributed by atoms with Crippen LogP contribution in [0.15, 0.2) is 83.3 Å². The lowest BCUT2D eigenvalue weighted by Gasteiger charge is -2.05. The van der Waals surface area contributed by atoms with Crippen LogP contribution in [0.25, 0.3) is 43.8 Å². The average molecular weight is 309 g/mol. The number of hydrogen-bond donors (Lipinski definition) is 1. The number of rotatable bonds is 1. The lowest BCUT2D eigenvalue weighted by atomic mass is 10.00. The molecule has 0 spiro atoms. The standard InChI is InChI=1S/C22H15NO/c23-18-9-7-15-11-14(5-6-16(15)12-18)17-8-10-20-19-3-1-2-4-21(19)24-22(20)13-17/h1-13H,23H2. The Morgan fingerprint density at radius 1 is 0.583 bits per heavy atom. The quantitative estimate of drug-likeness (QED) is 0.386. The van der Waals surface area contributed by atoms with Gasteiger partial charge in [-0.2, -0.15) is 0 Å². The molecule has 4 aromatic carbocycles. The molecule has 0 aliphatic carbocycles. The van der Waals surface area contributed by atoms with Crippen molar-refractivity contribution in [1.29, 1.82) is 0 Å². The van der Waals surface area contributed by atoms with E-state index in [0.29, 0.717) is 0 Å². The van der Waals surface area contributed by atoms with Crippen molar-refractivity contribution < 1.29 is 4.42 Å². The summed E-state index contributed by atoms with van der Waals surface area (Å²) >= 11 is 0. The van der Waals surface area contributed by atoms with E-state index in [1.54, 1.807) is 0 Å². The first kappa shape index (κ1) is 13.2. The summed E-state index contributed by atoms with van der Waals surface area (Å²) in [7, 11) is 0. The lowest BCUT2D eigenvalue weighted by Crippen LogP contribution is -1.84. The maximum atomic E-state index is 6.00. The number of para-hydroxylation sites is 1. The Balaban J connectivity index is 1.70. The van der Waals surface area contributed by atoms with Gasteiger partial charge in [-0.25, -0.2) is 0 Å². The topological polar surface area (TPSA) is 39.2 Å². The predicted molar refractivity (Wildman–Crippen MR) is 101 cm³/mol. The molecule has 0 fully saturated rings. The summed E-state index contributed by atoms with van der Waals surface area (Å²) in [5, 5.41) is 4.66. The molecular formula is C22H15NO. The van der Waals surface area contributed by atoms with E-state index in [2.05, 4.69) is 48.5 Å². The molecule has 2 N–H and O–H groups in total. The van der Waals surface area contributed by atoms with Gasteiger partial charge in [0, 0.05) is 16.5 Å². The second-order valence-corrected chi connectivity index (χ2v) is 6.13. The maximum absolute atomic E-state index is 6.00. The van der Waals surface area contributed by atoms with Gasteiger partial charge in [-0.15, -0.1) is 0 Å². The largest absolute Gasteiger partial charge is 0.456 e. The fourth-order valence-corrected chi connectivity index (χ4v) is 3.35. The van der Waals surface area contributed by atoms with Crippen LogP contribution in [-0.4, -0.2) is 0 Å². The van der Waals surface area contributed by atoms with E-state index < -0.39 is 0 Å². The van der Waals surface area contributed by atoms with Crippen LogP contribution in [-0.2, 0) is 0 Å². The fourth-order valence-electron chi connectivity index (χ4n) is 3.35. The Hall–Kier alpha value is -3.26. The van der Waals surface area contributed by atoms with Crippen molar-refractivity contribution in [3.05, 3.63) is 78.9 Å². The summed E-state index contributed by atoms with van der Waals surface area (Å²) in [6, 6.07) is 27.0. The molecular weight excluding hydrogens is 294 g/mol. The normalized spacial score (nSPS) is 11.5. The number of fused-ring (bicyclic) bond motifs is 4. The Labute approximate surface area is 139 Å². The Morgan fingerprint density at radius 3 is 2.25 bits per heavy atom. The third kappa shape index (κ3) is 1.97. The highest BCUT2D eigenvalue weighted by molar-refractivity contribution is 6.06. The molecule has 1 heterocycles. The van der Waals surface area contributed by atoms with Crippen LogP contribution in [0.4, 0.5) is 5.69 Å². The third-order valence-corrected chi connectivity index (χ3v) is 4.58. The number of nitrogen functional groups attached to an aromatic ring is 1. The predicted octanol–water partition coefficient (Wildman–Crippen LogP) is 5.99. The fraction of sp³-hybridized carbons (Fsp3) is 0. The van der Waals surface area contributed by atoms with Gasteiger partial charge >= 0.3 is 0 Å². The molecule has 0 bridgehead atoms. The molecule has 24 heavy (non-hydrogen) atoms. The van der Waals surface area contributed by atoms with Crippen LogP contribution < -0.4 is 5.73 Å². The molecule has 0 saturated carbocycles. The Morgan fingerprint density at radius 2 is 1.29 bits per heavy atom. The van der Waals surface area contributed by atoms with Crippen molar-refractivity contribution in [1.82, 2.24) is 0 Å². The second kappa shape index (κ2) is 4.87. The van der Waals surface area contributed by atoms with Gasteiger partial charge in [-0.05, 0) is 58.3 Å².